The van der Waals surface area contributed by atoms with Crippen molar-refractivity contribution in [2.45, 2.75) is 105 Å². The maximum atomic E-state index is 12.8. The minimum Gasteiger partial charge on any atom is -0.337 e. The molecule has 20 heavy (non-hydrogen) atoms. The van der Waals surface area contributed by atoms with E-state index >= 15 is 0 Å². The Morgan fingerprint density at radius 3 is 1.65 bits per heavy atom. The molecule has 120 valence electrons. The van der Waals surface area contributed by atoms with E-state index in [0.717, 1.165) is 38.5 Å². The molecule has 0 fully saturated rings. The number of hydrogen-bond donors (Lipinski definition) is 0. The fourth-order valence-corrected chi connectivity index (χ4v) is 3.02. The zero-order valence-corrected chi connectivity index (χ0v) is 15.0. The van der Waals surface area contributed by atoms with Crippen LogP contribution in [0.3, 0.4) is 0 Å². The molecule has 0 N–H and O–H groups in total. The minimum atomic E-state index is 0.0738. The first-order valence-corrected chi connectivity index (χ1v) is 8.61. The van der Waals surface area contributed by atoms with Crippen LogP contribution in [0.4, 0.5) is 0 Å². The first kappa shape index (κ1) is 19.5. The Hall–Kier alpha value is -0.530. The van der Waals surface area contributed by atoms with Gasteiger partial charge in [0, 0.05) is 18.5 Å². The van der Waals surface area contributed by atoms with Crippen molar-refractivity contribution in [2.24, 2.45) is 5.41 Å². The van der Waals surface area contributed by atoms with Crippen LogP contribution in [-0.4, -0.2) is 22.9 Å². The Labute approximate surface area is 127 Å². The van der Waals surface area contributed by atoms with Crippen LogP contribution in [0.5, 0.6) is 0 Å². The molecule has 0 heterocycles. The second-order valence-corrected chi connectivity index (χ2v) is 7.24. The predicted molar refractivity (Wildman–Crippen MR) is 88.9 cm³/mol. The summed E-state index contributed by atoms with van der Waals surface area (Å²) in [5.41, 5.74) is 0.0738. The molecule has 0 radical (unpaired) electrons. The van der Waals surface area contributed by atoms with E-state index in [9.17, 15) is 4.79 Å². The molecule has 0 aliphatic carbocycles. The molecule has 2 nitrogen and oxygen atoms in total. The lowest BCUT2D eigenvalue weighted by atomic mass is 9.90. The Morgan fingerprint density at radius 1 is 0.900 bits per heavy atom. The smallest absolute Gasteiger partial charge is 0.223 e. The van der Waals surface area contributed by atoms with Crippen molar-refractivity contribution >= 4 is 5.91 Å². The highest BCUT2D eigenvalue weighted by molar-refractivity contribution is 5.77. The number of carbonyl (C=O) groups excluding carboxylic acids is 1. The molecule has 1 amide bonds. The maximum absolute atomic E-state index is 12.8. The minimum absolute atomic E-state index is 0.0738. The average molecular weight is 284 g/mol. The van der Waals surface area contributed by atoms with Crippen LogP contribution in [0.15, 0.2) is 0 Å². The summed E-state index contributed by atoms with van der Waals surface area (Å²) in [5.74, 6) is 0.359. The van der Waals surface area contributed by atoms with E-state index in [0.29, 0.717) is 24.4 Å². The van der Waals surface area contributed by atoms with E-state index in [1.807, 2.05) is 0 Å². The van der Waals surface area contributed by atoms with Crippen molar-refractivity contribution in [1.82, 2.24) is 4.90 Å². The molecule has 0 rings (SSSR count). The van der Waals surface area contributed by atoms with Gasteiger partial charge >= 0.3 is 0 Å². The third-order valence-electron chi connectivity index (χ3n) is 3.94. The van der Waals surface area contributed by atoms with Gasteiger partial charge in [0.2, 0.25) is 5.91 Å². The number of nitrogens with zero attached hydrogens (tertiary/aromatic N) is 1. The van der Waals surface area contributed by atoms with E-state index < -0.39 is 0 Å². The monoisotopic (exact) mass is 283 g/mol. The van der Waals surface area contributed by atoms with E-state index in [2.05, 4.69) is 53.4 Å². The highest BCUT2D eigenvalue weighted by atomic mass is 16.2. The van der Waals surface area contributed by atoms with E-state index in [-0.39, 0.29) is 5.41 Å². The van der Waals surface area contributed by atoms with Crippen LogP contribution < -0.4 is 0 Å². The number of carbonyl (C=O) groups is 1. The lowest BCUT2D eigenvalue weighted by molar-refractivity contribution is -0.139. The summed E-state index contributed by atoms with van der Waals surface area (Å²) < 4.78 is 0. The first-order valence-electron chi connectivity index (χ1n) is 8.61. The topological polar surface area (TPSA) is 20.3 Å². The standard InChI is InChI=1S/C18H37NO/c1-8-12-16(13-9-2)19(15(10-3)11-4)17(20)14-18(5,6)7/h15-16H,8-14H2,1-7H3. The molecule has 0 spiro atoms. The Kier molecular flexibility index (Phi) is 9.16. The van der Waals surface area contributed by atoms with Gasteiger partial charge in [-0.2, -0.15) is 0 Å². The zero-order chi connectivity index (χ0) is 15.8. The molecular weight excluding hydrogens is 246 g/mol. The lowest BCUT2D eigenvalue weighted by Crippen LogP contribution is -2.47. The Bertz CT molecular complexity index is 257. The molecule has 2 heteroatoms. The Balaban J connectivity index is 5.17. The SMILES string of the molecule is CCCC(CCC)N(C(=O)CC(C)(C)C)C(CC)CC. The van der Waals surface area contributed by atoms with Crippen molar-refractivity contribution < 1.29 is 4.79 Å². The van der Waals surface area contributed by atoms with Gasteiger partial charge in [-0.15, -0.1) is 0 Å². The molecule has 0 saturated carbocycles. The van der Waals surface area contributed by atoms with Crippen LogP contribution in [0.1, 0.15) is 93.4 Å². The van der Waals surface area contributed by atoms with Crippen molar-refractivity contribution in [3.05, 3.63) is 0 Å². The van der Waals surface area contributed by atoms with Gasteiger partial charge in [-0.05, 0) is 31.1 Å². The van der Waals surface area contributed by atoms with E-state index in [4.69, 9.17) is 0 Å². The van der Waals surface area contributed by atoms with Gasteiger partial charge in [0.05, 0.1) is 0 Å². The summed E-state index contributed by atoms with van der Waals surface area (Å²) in [4.78, 5) is 15.1. The summed E-state index contributed by atoms with van der Waals surface area (Å²) in [6.45, 7) is 15.3. The predicted octanol–water partition coefficient (Wildman–Crippen LogP) is 5.41. The van der Waals surface area contributed by atoms with E-state index in [1.165, 1.54) is 0 Å². The second-order valence-electron chi connectivity index (χ2n) is 7.24. The fourth-order valence-electron chi connectivity index (χ4n) is 3.02. The van der Waals surface area contributed by atoms with Crippen LogP contribution in [-0.2, 0) is 4.79 Å². The molecule has 0 aromatic rings. The van der Waals surface area contributed by atoms with Crippen LogP contribution >= 0.6 is 0 Å². The molecule has 0 saturated heterocycles. The van der Waals surface area contributed by atoms with Crippen LogP contribution in [0.2, 0.25) is 0 Å². The largest absolute Gasteiger partial charge is 0.337 e. The molecule has 0 aliphatic rings. The van der Waals surface area contributed by atoms with Crippen molar-refractivity contribution in [3.8, 4) is 0 Å². The summed E-state index contributed by atoms with van der Waals surface area (Å²) in [5, 5.41) is 0. The van der Waals surface area contributed by atoms with Gasteiger partial charge in [-0.3, -0.25) is 4.79 Å². The number of rotatable bonds is 9. The van der Waals surface area contributed by atoms with Gasteiger partial charge in [0.1, 0.15) is 0 Å². The van der Waals surface area contributed by atoms with Crippen molar-refractivity contribution in [2.75, 3.05) is 0 Å². The zero-order valence-electron chi connectivity index (χ0n) is 15.0. The van der Waals surface area contributed by atoms with Gasteiger partial charge in [-0.25, -0.2) is 0 Å². The molecule has 0 aliphatic heterocycles. The van der Waals surface area contributed by atoms with Crippen molar-refractivity contribution in [3.63, 3.8) is 0 Å². The number of hydrogen-bond acceptors (Lipinski definition) is 1. The fraction of sp³-hybridized carbons (Fsp3) is 0.944. The average Bonchev–Trinajstić information content (AvgIpc) is 2.33. The summed E-state index contributed by atoms with van der Waals surface area (Å²) >= 11 is 0. The van der Waals surface area contributed by atoms with Gasteiger partial charge in [-0.1, -0.05) is 61.3 Å². The highest BCUT2D eigenvalue weighted by Crippen LogP contribution is 2.26. The molecule has 0 unspecified atom stereocenters. The molecule has 0 aromatic heterocycles. The summed E-state index contributed by atoms with van der Waals surface area (Å²) in [7, 11) is 0. The lowest BCUT2D eigenvalue weighted by Gasteiger charge is -2.39. The maximum Gasteiger partial charge on any atom is 0.223 e. The Morgan fingerprint density at radius 2 is 1.35 bits per heavy atom. The molecule has 0 atom stereocenters. The third kappa shape index (κ3) is 6.76. The van der Waals surface area contributed by atoms with Gasteiger partial charge in [0.15, 0.2) is 0 Å². The normalized spacial score (nSPS) is 12.2. The summed E-state index contributed by atoms with van der Waals surface area (Å²) in [6.07, 6.45) is 7.38. The van der Waals surface area contributed by atoms with Crippen molar-refractivity contribution in [1.29, 1.82) is 0 Å². The van der Waals surface area contributed by atoms with Crippen LogP contribution in [0.25, 0.3) is 0 Å². The van der Waals surface area contributed by atoms with Gasteiger partial charge in [0.25, 0.3) is 0 Å². The molecule has 0 bridgehead atoms. The van der Waals surface area contributed by atoms with Gasteiger partial charge < -0.3 is 4.90 Å². The summed E-state index contributed by atoms with van der Waals surface area (Å²) in [6, 6.07) is 0.845. The number of amides is 1. The third-order valence-corrected chi connectivity index (χ3v) is 3.94. The molecular formula is C18H37NO. The first-order chi connectivity index (χ1) is 9.30. The molecule has 0 aromatic carbocycles. The van der Waals surface area contributed by atoms with E-state index in [1.54, 1.807) is 0 Å². The highest BCUT2D eigenvalue weighted by Gasteiger charge is 2.30. The van der Waals surface area contributed by atoms with Crippen LogP contribution in [0, 0.1) is 5.41 Å². The quantitative estimate of drug-likeness (QED) is 0.554. The second kappa shape index (κ2) is 9.41.